The van der Waals surface area contributed by atoms with Crippen molar-refractivity contribution < 1.29 is 9.13 Å². The summed E-state index contributed by atoms with van der Waals surface area (Å²) in [7, 11) is 1.63. The molecule has 2 rings (SSSR count). The molecular weight excluding hydrogens is 297 g/mol. The molecule has 0 aliphatic heterocycles. The van der Waals surface area contributed by atoms with Crippen molar-refractivity contribution in [3.05, 3.63) is 59.4 Å². The second kappa shape index (κ2) is 5.87. The fourth-order valence-corrected chi connectivity index (χ4v) is 2.12. The van der Waals surface area contributed by atoms with Gasteiger partial charge in [0.1, 0.15) is 11.6 Å². The van der Waals surface area contributed by atoms with Gasteiger partial charge in [0.15, 0.2) is 0 Å². The summed E-state index contributed by atoms with van der Waals surface area (Å²) in [4.78, 5) is 0. The minimum absolute atomic E-state index is 0.215. The van der Waals surface area contributed by atoms with Crippen molar-refractivity contribution >= 4 is 21.8 Å². The first-order chi connectivity index (χ1) is 8.72. The van der Waals surface area contributed by atoms with Crippen LogP contribution in [0.5, 0.6) is 5.75 Å². The van der Waals surface area contributed by atoms with Gasteiger partial charge in [-0.15, -0.1) is 0 Å². The van der Waals surface area contributed by atoms with E-state index in [-0.39, 0.29) is 5.82 Å². The molecule has 0 saturated carbocycles. The average Bonchev–Trinajstić information content (AvgIpc) is 2.41. The molecule has 0 saturated heterocycles. The van der Waals surface area contributed by atoms with E-state index >= 15 is 0 Å². The van der Waals surface area contributed by atoms with Crippen molar-refractivity contribution in [1.29, 1.82) is 0 Å². The lowest BCUT2D eigenvalue weighted by molar-refractivity contribution is 0.415. The van der Waals surface area contributed by atoms with Gasteiger partial charge in [-0.2, -0.15) is 0 Å². The number of benzene rings is 2. The fourth-order valence-electron chi connectivity index (χ4n) is 1.75. The smallest absolute Gasteiger partial charge is 0.123 e. The van der Waals surface area contributed by atoms with Crippen LogP contribution in [0.2, 0.25) is 0 Å². The summed E-state index contributed by atoms with van der Waals surface area (Å²) < 4.78 is 21.0. The van der Waals surface area contributed by atoms with E-state index in [1.165, 1.54) is 12.1 Å². The van der Waals surface area contributed by atoms with Crippen LogP contribution in [0.3, 0.4) is 0 Å². The van der Waals surface area contributed by atoms with Crippen molar-refractivity contribution in [2.75, 3.05) is 11.5 Å². The monoisotopic (exact) mass is 309 g/mol. The van der Waals surface area contributed by atoms with E-state index in [0.717, 1.165) is 29.0 Å². The molecule has 0 radical (unpaired) electrons. The molecule has 0 fully saturated rings. The summed E-state index contributed by atoms with van der Waals surface area (Å²) in [6.45, 7) is 0. The normalized spacial score (nSPS) is 10.2. The van der Waals surface area contributed by atoms with Gasteiger partial charge in [-0.3, -0.25) is 0 Å². The van der Waals surface area contributed by atoms with Gasteiger partial charge in [0.25, 0.3) is 0 Å². The van der Waals surface area contributed by atoms with E-state index < -0.39 is 0 Å². The zero-order valence-electron chi connectivity index (χ0n) is 9.91. The molecule has 2 aromatic rings. The zero-order chi connectivity index (χ0) is 13.0. The quantitative estimate of drug-likeness (QED) is 0.857. The molecular formula is C14H13BrFNO. The topological polar surface area (TPSA) is 21.3 Å². The number of hydrogen-bond donors (Lipinski definition) is 1. The van der Waals surface area contributed by atoms with Gasteiger partial charge in [-0.1, -0.05) is 18.2 Å². The molecule has 0 atom stereocenters. The number of nitrogens with one attached hydrogen (secondary N) is 1. The van der Waals surface area contributed by atoms with Gasteiger partial charge in [0, 0.05) is 22.2 Å². The highest BCUT2D eigenvalue weighted by atomic mass is 79.9. The minimum Gasteiger partial charge on any atom is -0.497 e. The first-order valence-electron chi connectivity index (χ1n) is 5.51. The van der Waals surface area contributed by atoms with Crippen LogP contribution in [-0.2, 0) is 6.42 Å². The third-order valence-corrected chi connectivity index (χ3v) is 3.15. The number of anilines is 1. The molecule has 0 aliphatic rings. The predicted molar refractivity (Wildman–Crippen MR) is 74.7 cm³/mol. The number of methoxy groups -OCH3 is 1. The van der Waals surface area contributed by atoms with Crippen molar-refractivity contribution in [3.8, 4) is 5.75 Å². The van der Waals surface area contributed by atoms with Gasteiger partial charge < -0.3 is 9.08 Å². The van der Waals surface area contributed by atoms with E-state index in [4.69, 9.17) is 4.74 Å². The molecule has 2 nitrogen and oxygen atoms in total. The molecule has 0 amide bonds. The van der Waals surface area contributed by atoms with Gasteiger partial charge >= 0.3 is 0 Å². The Morgan fingerprint density at radius 3 is 2.50 bits per heavy atom. The molecule has 0 aliphatic carbocycles. The van der Waals surface area contributed by atoms with Crippen LogP contribution < -0.4 is 9.08 Å². The van der Waals surface area contributed by atoms with Crippen LogP contribution >= 0.6 is 16.1 Å². The second-order valence-electron chi connectivity index (χ2n) is 3.92. The molecule has 0 bridgehead atoms. The SMILES string of the molecule is COc1ccc(Cc2ccc(F)cc2)c(NBr)c1. The zero-order valence-corrected chi connectivity index (χ0v) is 11.5. The molecule has 94 valence electrons. The van der Waals surface area contributed by atoms with E-state index in [0.29, 0.717) is 0 Å². The van der Waals surface area contributed by atoms with Crippen molar-refractivity contribution in [2.24, 2.45) is 0 Å². The van der Waals surface area contributed by atoms with Crippen LogP contribution in [0, 0.1) is 5.82 Å². The summed E-state index contributed by atoms with van der Waals surface area (Å²) in [6, 6.07) is 12.3. The Balaban J connectivity index is 2.25. The van der Waals surface area contributed by atoms with Crippen molar-refractivity contribution in [3.63, 3.8) is 0 Å². The van der Waals surface area contributed by atoms with Crippen LogP contribution in [-0.4, -0.2) is 7.11 Å². The fraction of sp³-hybridized carbons (Fsp3) is 0.143. The second-order valence-corrected chi connectivity index (χ2v) is 4.32. The Bertz CT molecular complexity index is 528. The third-order valence-electron chi connectivity index (χ3n) is 2.73. The average molecular weight is 310 g/mol. The highest BCUT2D eigenvalue weighted by Crippen LogP contribution is 2.25. The van der Waals surface area contributed by atoms with E-state index in [1.54, 1.807) is 19.2 Å². The van der Waals surface area contributed by atoms with Crippen LogP contribution in [0.15, 0.2) is 42.5 Å². The van der Waals surface area contributed by atoms with Gasteiger partial charge in [0.2, 0.25) is 0 Å². The Morgan fingerprint density at radius 2 is 1.89 bits per heavy atom. The largest absolute Gasteiger partial charge is 0.497 e. The summed E-state index contributed by atoms with van der Waals surface area (Å²) in [5.74, 6) is 0.576. The molecule has 18 heavy (non-hydrogen) atoms. The van der Waals surface area contributed by atoms with Crippen LogP contribution in [0.1, 0.15) is 11.1 Å². The summed E-state index contributed by atoms with van der Waals surface area (Å²) in [5.41, 5.74) is 3.11. The molecule has 2 aromatic carbocycles. The maximum Gasteiger partial charge on any atom is 0.123 e. The van der Waals surface area contributed by atoms with Crippen molar-refractivity contribution in [2.45, 2.75) is 6.42 Å². The number of halogens is 2. The predicted octanol–water partition coefficient (Wildman–Crippen LogP) is 4.15. The lowest BCUT2D eigenvalue weighted by Gasteiger charge is -2.10. The van der Waals surface area contributed by atoms with Crippen LogP contribution in [0.4, 0.5) is 10.1 Å². The lowest BCUT2D eigenvalue weighted by Crippen LogP contribution is -1.94. The van der Waals surface area contributed by atoms with Gasteiger partial charge in [-0.05, 0) is 35.7 Å². The van der Waals surface area contributed by atoms with Gasteiger partial charge in [-0.25, -0.2) is 4.39 Å². The molecule has 0 unspecified atom stereocenters. The van der Waals surface area contributed by atoms with E-state index in [9.17, 15) is 4.39 Å². The minimum atomic E-state index is -0.215. The van der Waals surface area contributed by atoms with Crippen molar-refractivity contribution in [1.82, 2.24) is 0 Å². The number of ether oxygens (including phenoxy) is 1. The molecule has 1 N–H and O–H groups in total. The Morgan fingerprint density at radius 1 is 1.17 bits per heavy atom. The van der Waals surface area contributed by atoms with Crippen LogP contribution in [0.25, 0.3) is 0 Å². The first kappa shape index (κ1) is 12.9. The Hall–Kier alpha value is -1.55. The summed E-state index contributed by atoms with van der Waals surface area (Å²) in [5, 5.41) is 0. The van der Waals surface area contributed by atoms with E-state index in [1.807, 2.05) is 18.2 Å². The maximum absolute atomic E-state index is 12.8. The number of hydrogen-bond acceptors (Lipinski definition) is 2. The lowest BCUT2D eigenvalue weighted by atomic mass is 10.0. The molecule has 4 heteroatoms. The Labute approximate surface area is 114 Å². The first-order valence-corrected chi connectivity index (χ1v) is 6.30. The van der Waals surface area contributed by atoms with Gasteiger partial charge in [0.05, 0.1) is 12.8 Å². The number of rotatable bonds is 4. The molecule has 0 aromatic heterocycles. The van der Waals surface area contributed by atoms with E-state index in [2.05, 4.69) is 20.5 Å². The highest BCUT2D eigenvalue weighted by Gasteiger charge is 2.05. The summed E-state index contributed by atoms with van der Waals surface area (Å²) in [6.07, 6.45) is 0.734. The highest BCUT2D eigenvalue weighted by molar-refractivity contribution is 9.10. The standard InChI is InChI=1S/C14H13BrFNO/c1-18-13-7-4-11(14(9-13)17-15)8-10-2-5-12(16)6-3-10/h2-7,9,17H,8H2,1H3. The summed E-state index contributed by atoms with van der Waals surface area (Å²) >= 11 is 3.23. The maximum atomic E-state index is 12.8. The molecule has 0 spiro atoms. The third kappa shape index (κ3) is 3.01. The Kier molecular flexibility index (Phi) is 4.20. The molecule has 0 heterocycles.